The molecule has 19 heavy (non-hydrogen) atoms. The number of nitro benzene ring substituents is 1. The van der Waals surface area contributed by atoms with Crippen LogP contribution in [0.5, 0.6) is 0 Å². The number of rotatable bonds is 3. The molecule has 3 rings (SSSR count). The van der Waals surface area contributed by atoms with Crippen molar-refractivity contribution in [2.24, 2.45) is 7.05 Å². The topological polar surface area (TPSA) is 65.9 Å². The van der Waals surface area contributed by atoms with Crippen molar-refractivity contribution in [1.82, 2.24) is 14.3 Å². The summed E-state index contributed by atoms with van der Waals surface area (Å²) in [5.74, 6) is 0. The van der Waals surface area contributed by atoms with Crippen LogP contribution >= 0.6 is 0 Å². The Kier molecular flexibility index (Phi) is 2.56. The van der Waals surface area contributed by atoms with Gasteiger partial charge in [-0.2, -0.15) is 5.10 Å². The number of non-ortho nitro benzene ring substituents is 1. The summed E-state index contributed by atoms with van der Waals surface area (Å²) in [4.78, 5) is 10.4. The first-order chi connectivity index (χ1) is 9.13. The highest BCUT2D eigenvalue weighted by Crippen LogP contribution is 2.22. The molecule has 96 valence electrons. The maximum Gasteiger partial charge on any atom is 0.270 e. The molecule has 0 amide bonds. The average Bonchev–Trinajstić information content (AvgIpc) is 2.96. The van der Waals surface area contributed by atoms with E-state index >= 15 is 0 Å². The first-order valence-electron chi connectivity index (χ1n) is 5.85. The molecule has 0 aliphatic carbocycles. The van der Waals surface area contributed by atoms with Crippen LogP contribution in [0, 0.1) is 10.1 Å². The van der Waals surface area contributed by atoms with Crippen molar-refractivity contribution in [2.75, 3.05) is 0 Å². The van der Waals surface area contributed by atoms with Gasteiger partial charge in [-0.15, -0.1) is 0 Å². The Bertz CT molecular complexity index is 757. The molecule has 0 bridgehead atoms. The lowest BCUT2D eigenvalue weighted by atomic mass is 10.2. The summed E-state index contributed by atoms with van der Waals surface area (Å²) in [5, 5.41) is 15.9. The molecule has 0 saturated heterocycles. The molecule has 0 fully saturated rings. The molecule has 3 aromatic rings. The molecule has 0 saturated carbocycles. The second-order valence-electron chi connectivity index (χ2n) is 4.42. The molecular weight excluding hydrogens is 244 g/mol. The summed E-state index contributed by atoms with van der Waals surface area (Å²) >= 11 is 0. The number of fused-ring (bicyclic) bond motifs is 1. The zero-order valence-electron chi connectivity index (χ0n) is 10.4. The Morgan fingerprint density at radius 3 is 2.79 bits per heavy atom. The normalized spacial score (nSPS) is 11.0. The third-order valence-corrected chi connectivity index (χ3v) is 3.07. The number of nitro groups is 1. The van der Waals surface area contributed by atoms with Gasteiger partial charge in [0.05, 0.1) is 17.2 Å². The van der Waals surface area contributed by atoms with E-state index in [4.69, 9.17) is 0 Å². The first-order valence-corrected chi connectivity index (χ1v) is 5.85. The van der Waals surface area contributed by atoms with Crippen LogP contribution in [-0.4, -0.2) is 19.3 Å². The predicted octanol–water partition coefficient (Wildman–Crippen LogP) is 2.33. The predicted molar refractivity (Wildman–Crippen MR) is 70.9 cm³/mol. The van der Waals surface area contributed by atoms with E-state index in [2.05, 4.69) is 5.10 Å². The molecule has 1 aromatic carbocycles. The zero-order valence-corrected chi connectivity index (χ0v) is 10.4. The van der Waals surface area contributed by atoms with Crippen LogP contribution in [0.4, 0.5) is 5.69 Å². The van der Waals surface area contributed by atoms with Gasteiger partial charge in [0.1, 0.15) is 0 Å². The fourth-order valence-corrected chi connectivity index (χ4v) is 2.16. The highest BCUT2D eigenvalue weighted by atomic mass is 16.6. The lowest BCUT2D eigenvalue weighted by Gasteiger charge is -2.02. The van der Waals surface area contributed by atoms with Gasteiger partial charge in [0.15, 0.2) is 0 Å². The van der Waals surface area contributed by atoms with E-state index in [0.717, 1.165) is 16.6 Å². The Labute approximate surface area is 109 Å². The third-order valence-electron chi connectivity index (χ3n) is 3.07. The van der Waals surface area contributed by atoms with E-state index in [1.807, 2.05) is 36.1 Å². The number of hydrogen-bond donors (Lipinski definition) is 0. The van der Waals surface area contributed by atoms with Gasteiger partial charge in [-0.1, -0.05) is 0 Å². The van der Waals surface area contributed by atoms with Gasteiger partial charge in [0, 0.05) is 42.5 Å². The SMILES string of the molecule is Cn1ccc(Cn2ccc3cc([N+](=O)[O-])ccc32)n1. The molecule has 2 aromatic heterocycles. The fraction of sp³-hybridized carbons (Fsp3) is 0.154. The van der Waals surface area contributed by atoms with Crippen molar-refractivity contribution in [2.45, 2.75) is 6.54 Å². The number of hydrogen-bond acceptors (Lipinski definition) is 3. The largest absolute Gasteiger partial charge is 0.341 e. The summed E-state index contributed by atoms with van der Waals surface area (Å²) in [7, 11) is 1.88. The van der Waals surface area contributed by atoms with Gasteiger partial charge in [-0.25, -0.2) is 0 Å². The molecule has 6 heteroatoms. The van der Waals surface area contributed by atoms with E-state index < -0.39 is 0 Å². The molecule has 6 nitrogen and oxygen atoms in total. The number of benzene rings is 1. The zero-order chi connectivity index (χ0) is 13.4. The molecule has 2 heterocycles. The van der Waals surface area contributed by atoms with Crippen LogP contribution < -0.4 is 0 Å². The molecule has 0 radical (unpaired) electrons. The highest BCUT2D eigenvalue weighted by Gasteiger charge is 2.09. The van der Waals surface area contributed by atoms with Crippen molar-refractivity contribution >= 4 is 16.6 Å². The van der Waals surface area contributed by atoms with Gasteiger partial charge in [-0.05, 0) is 18.2 Å². The van der Waals surface area contributed by atoms with Crippen LogP contribution in [0.3, 0.4) is 0 Å². The average molecular weight is 256 g/mol. The minimum atomic E-state index is -0.379. The molecule has 0 aliphatic heterocycles. The van der Waals surface area contributed by atoms with Crippen molar-refractivity contribution < 1.29 is 4.92 Å². The van der Waals surface area contributed by atoms with Crippen LogP contribution in [0.1, 0.15) is 5.69 Å². The van der Waals surface area contributed by atoms with Crippen LogP contribution in [0.25, 0.3) is 10.9 Å². The van der Waals surface area contributed by atoms with E-state index in [1.165, 1.54) is 6.07 Å². The van der Waals surface area contributed by atoms with E-state index in [1.54, 1.807) is 16.8 Å². The standard InChI is InChI=1S/C13H12N4O2/c1-15-6-5-11(14-15)9-16-7-4-10-8-12(17(18)19)2-3-13(10)16/h2-8H,9H2,1H3. The number of aryl methyl sites for hydroxylation is 1. The van der Waals surface area contributed by atoms with Gasteiger partial charge >= 0.3 is 0 Å². The third kappa shape index (κ3) is 2.08. The second-order valence-corrected chi connectivity index (χ2v) is 4.42. The fourth-order valence-electron chi connectivity index (χ4n) is 2.16. The molecule has 0 aliphatic rings. The van der Waals surface area contributed by atoms with Crippen molar-refractivity contribution in [1.29, 1.82) is 0 Å². The van der Waals surface area contributed by atoms with Gasteiger partial charge in [0.25, 0.3) is 5.69 Å². The Morgan fingerprint density at radius 2 is 2.11 bits per heavy atom. The summed E-state index contributed by atoms with van der Waals surface area (Å²) < 4.78 is 3.78. The molecule has 0 atom stereocenters. The monoisotopic (exact) mass is 256 g/mol. The summed E-state index contributed by atoms with van der Waals surface area (Å²) in [6, 6.07) is 8.72. The number of aromatic nitrogens is 3. The van der Waals surface area contributed by atoms with Crippen molar-refractivity contribution in [3.05, 3.63) is 58.5 Å². The summed E-state index contributed by atoms with van der Waals surface area (Å²) in [6.07, 6.45) is 3.81. The van der Waals surface area contributed by atoms with Crippen LogP contribution in [0.15, 0.2) is 42.7 Å². The minimum Gasteiger partial charge on any atom is -0.341 e. The lowest BCUT2D eigenvalue weighted by molar-refractivity contribution is -0.384. The Morgan fingerprint density at radius 1 is 1.26 bits per heavy atom. The molecule has 0 unspecified atom stereocenters. The lowest BCUT2D eigenvalue weighted by Crippen LogP contribution is -1.99. The number of nitrogens with zero attached hydrogens (tertiary/aromatic N) is 4. The van der Waals surface area contributed by atoms with Crippen LogP contribution in [0.2, 0.25) is 0 Å². The second kappa shape index (κ2) is 4.24. The van der Waals surface area contributed by atoms with Gasteiger partial charge in [-0.3, -0.25) is 14.8 Å². The Balaban J connectivity index is 1.99. The van der Waals surface area contributed by atoms with Gasteiger partial charge in [0.2, 0.25) is 0 Å². The van der Waals surface area contributed by atoms with E-state index in [9.17, 15) is 10.1 Å². The van der Waals surface area contributed by atoms with E-state index in [0.29, 0.717) is 6.54 Å². The highest BCUT2D eigenvalue weighted by molar-refractivity contribution is 5.82. The minimum absolute atomic E-state index is 0.114. The van der Waals surface area contributed by atoms with Crippen molar-refractivity contribution in [3.8, 4) is 0 Å². The first kappa shape index (κ1) is 11.5. The van der Waals surface area contributed by atoms with E-state index in [-0.39, 0.29) is 10.6 Å². The maximum atomic E-state index is 10.7. The van der Waals surface area contributed by atoms with Crippen LogP contribution in [-0.2, 0) is 13.6 Å². The quantitative estimate of drug-likeness (QED) is 0.533. The van der Waals surface area contributed by atoms with Gasteiger partial charge < -0.3 is 4.57 Å². The molecular formula is C13H12N4O2. The maximum absolute atomic E-state index is 10.7. The molecule has 0 N–H and O–H groups in total. The smallest absolute Gasteiger partial charge is 0.270 e. The summed E-state index contributed by atoms with van der Waals surface area (Å²) in [5.41, 5.74) is 2.04. The summed E-state index contributed by atoms with van der Waals surface area (Å²) in [6.45, 7) is 0.655. The van der Waals surface area contributed by atoms with Crippen molar-refractivity contribution in [3.63, 3.8) is 0 Å². The molecule has 0 spiro atoms. The Hall–Kier alpha value is -2.63.